The lowest BCUT2D eigenvalue weighted by atomic mass is 9.96. The molecule has 1 saturated heterocycles. The van der Waals surface area contributed by atoms with Crippen molar-refractivity contribution >= 4 is 15.6 Å². The first-order valence-electron chi connectivity index (χ1n) is 5.87. The van der Waals surface area contributed by atoms with Gasteiger partial charge in [-0.2, -0.15) is 5.10 Å². The van der Waals surface area contributed by atoms with Gasteiger partial charge in [0.1, 0.15) is 0 Å². The Balaban J connectivity index is 1.98. The fourth-order valence-electron chi connectivity index (χ4n) is 2.70. The molecule has 3 rings (SSSR count). The largest absolute Gasteiger partial charge is 0.294 e. The molecule has 92 valence electrons. The van der Waals surface area contributed by atoms with Crippen LogP contribution in [0.15, 0.2) is 6.20 Å². The van der Waals surface area contributed by atoms with Crippen LogP contribution < -0.4 is 0 Å². The van der Waals surface area contributed by atoms with Crippen LogP contribution in [0, 0.1) is 0 Å². The van der Waals surface area contributed by atoms with Crippen LogP contribution in [0.1, 0.15) is 41.4 Å². The van der Waals surface area contributed by atoms with Gasteiger partial charge in [0.25, 0.3) is 0 Å². The average molecular weight is 254 g/mol. The molecule has 17 heavy (non-hydrogen) atoms. The zero-order valence-corrected chi connectivity index (χ0v) is 10.2. The second kappa shape index (κ2) is 3.66. The molecule has 5 nitrogen and oxygen atoms in total. The molecule has 0 radical (unpaired) electrons. The topological polar surface area (TPSA) is 69.0 Å². The van der Waals surface area contributed by atoms with E-state index in [4.69, 9.17) is 0 Å². The lowest BCUT2D eigenvalue weighted by Gasteiger charge is -2.16. The Bertz CT molecular complexity index is 574. The number of sulfone groups is 1. The molecule has 1 fully saturated rings. The second-order valence-corrected chi connectivity index (χ2v) is 7.01. The van der Waals surface area contributed by atoms with Crippen molar-refractivity contribution in [2.45, 2.75) is 31.7 Å². The van der Waals surface area contributed by atoms with E-state index in [-0.39, 0.29) is 23.3 Å². The fourth-order valence-corrected chi connectivity index (χ4v) is 4.40. The van der Waals surface area contributed by atoms with E-state index >= 15 is 0 Å². The van der Waals surface area contributed by atoms with Crippen molar-refractivity contribution in [3.63, 3.8) is 0 Å². The molecule has 1 aromatic rings. The lowest BCUT2D eigenvalue weighted by Crippen LogP contribution is -2.18. The summed E-state index contributed by atoms with van der Waals surface area (Å²) in [6.07, 6.45) is 4.47. The molecule has 6 heteroatoms. The van der Waals surface area contributed by atoms with Crippen LogP contribution in [0.3, 0.4) is 0 Å². The quantitative estimate of drug-likeness (QED) is 0.742. The summed E-state index contributed by atoms with van der Waals surface area (Å²) >= 11 is 0. The number of aromatic nitrogens is 2. The highest BCUT2D eigenvalue weighted by Crippen LogP contribution is 2.28. The van der Waals surface area contributed by atoms with Gasteiger partial charge in [-0.05, 0) is 19.3 Å². The van der Waals surface area contributed by atoms with Gasteiger partial charge in [-0.25, -0.2) is 8.42 Å². The van der Waals surface area contributed by atoms with Gasteiger partial charge in [-0.1, -0.05) is 0 Å². The predicted molar refractivity (Wildman–Crippen MR) is 61.8 cm³/mol. The number of hydrogen-bond acceptors (Lipinski definition) is 4. The van der Waals surface area contributed by atoms with Crippen LogP contribution >= 0.6 is 0 Å². The molecule has 0 amide bonds. The van der Waals surface area contributed by atoms with Gasteiger partial charge in [-0.3, -0.25) is 9.48 Å². The van der Waals surface area contributed by atoms with E-state index in [1.807, 2.05) is 0 Å². The summed E-state index contributed by atoms with van der Waals surface area (Å²) in [5.74, 6) is 0.536. The summed E-state index contributed by atoms with van der Waals surface area (Å²) in [5, 5.41) is 4.23. The Kier molecular flexibility index (Phi) is 2.36. The van der Waals surface area contributed by atoms with Gasteiger partial charge in [0.15, 0.2) is 15.6 Å². The van der Waals surface area contributed by atoms with Crippen LogP contribution in [0.25, 0.3) is 0 Å². The number of Topliss-reactive ketones (excluding diaryl/α,β-unsaturated/α-hetero) is 1. The van der Waals surface area contributed by atoms with Crippen LogP contribution in [0.4, 0.5) is 0 Å². The van der Waals surface area contributed by atoms with E-state index in [0.29, 0.717) is 18.4 Å². The zero-order chi connectivity index (χ0) is 12.0. The highest BCUT2D eigenvalue weighted by molar-refractivity contribution is 7.91. The van der Waals surface area contributed by atoms with Gasteiger partial charge in [-0.15, -0.1) is 0 Å². The van der Waals surface area contributed by atoms with Crippen LogP contribution in [-0.4, -0.2) is 35.5 Å². The number of carbonyl (C=O) groups is 1. The van der Waals surface area contributed by atoms with Crippen molar-refractivity contribution < 1.29 is 13.2 Å². The van der Waals surface area contributed by atoms with Crippen molar-refractivity contribution in [3.05, 3.63) is 17.5 Å². The average Bonchev–Trinajstić information content (AvgIpc) is 2.82. The first kappa shape index (κ1) is 11.0. The summed E-state index contributed by atoms with van der Waals surface area (Å²) in [4.78, 5) is 11.7. The molecular formula is C11H14N2O3S. The molecule has 2 heterocycles. The van der Waals surface area contributed by atoms with Crippen molar-refractivity contribution in [3.8, 4) is 0 Å². The van der Waals surface area contributed by atoms with Crippen molar-refractivity contribution in [1.29, 1.82) is 0 Å². The lowest BCUT2D eigenvalue weighted by molar-refractivity contribution is 0.0971. The highest BCUT2D eigenvalue weighted by Gasteiger charge is 2.33. The third kappa shape index (κ3) is 1.80. The second-order valence-electron chi connectivity index (χ2n) is 4.78. The maximum Gasteiger partial charge on any atom is 0.166 e. The monoisotopic (exact) mass is 254 g/mol. The highest BCUT2D eigenvalue weighted by atomic mass is 32.2. The van der Waals surface area contributed by atoms with Gasteiger partial charge >= 0.3 is 0 Å². The Morgan fingerprint density at radius 3 is 2.88 bits per heavy atom. The molecule has 0 aromatic carbocycles. The maximum absolute atomic E-state index is 11.7. The molecule has 0 saturated carbocycles. The standard InChI is InChI=1S/C11H14N2O3S/c14-11-3-1-2-10-9(11)6-12-13(10)8-4-5-17(15,16)7-8/h6,8H,1-5,7H2. The summed E-state index contributed by atoms with van der Waals surface area (Å²) < 4.78 is 24.7. The Hall–Kier alpha value is -1.17. The van der Waals surface area contributed by atoms with Gasteiger partial charge in [0.2, 0.25) is 0 Å². The van der Waals surface area contributed by atoms with E-state index < -0.39 is 9.84 Å². The van der Waals surface area contributed by atoms with Crippen molar-refractivity contribution in [1.82, 2.24) is 9.78 Å². The van der Waals surface area contributed by atoms with Gasteiger partial charge in [0, 0.05) is 12.1 Å². The van der Waals surface area contributed by atoms with Crippen molar-refractivity contribution in [2.75, 3.05) is 11.5 Å². The normalized spacial score (nSPS) is 27.1. The van der Waals surface area contributed by atoms with Gasteiger partial charge < -0.3 is 0 Å². The molecule has 2 aliphatic rings. The first-order chi connectivity index (χ1) is 8.07. The zero-order valence-electron chi connectivity index (χ0n) is 9.42. The predicted octanol–water partition coefficient (Wildman–Crippen LogP) is 0.762. The van der Waals surface area contributed by atoms with E-state index in [1.54, 1.807) is 10.9 Å². The van der Waals surface area contributed by atoms with Gasteiger partial charge in [0.05, 0.1) is 29.3 Å². The molecule has 1 atom stereocenters. The third-order valence-electron chi connectivity index (χ3n) is 3.57. The number of rotatable bonds is 1. The number of hydrogen-bond donors (Lipinski definition) is 0. The van der Waals surface area contributed by atoms with E-state index in [1.165, 1.54) is 0 Å². The van der Waals surface area contributed by atoms with E-state index in [9.17, 15) is 13.2 Å². The summed E-state index contributed by atoms with van der Waals surface area (Å²) in [5.41, 5.74) is 1.63. The minimum absolute atomic E-state index is 0.0744. The number of nitrogens with zero attached hydrogens (tertiary/aromatic N) is 2. The smallest absolute Gasteiger partial charge is 0.166 e. The molecule has 1 aliphatic carbocycles. The number of fused-ring (bicyclic) bond motifs is 1. The molecule has 0 spiro atoms. The number of carbonyl (C=O) groups excluding carboxylic acids is 1. The van der Waals surface area contributed by atoms with Crippen LogP contribution in [0.2, 0.25) is 0 Å². The van der Waals surface area contributed by atoms with Crippen LogP contribution in [0.5, 0.6) is 0 Å². The molecule has 1 aliphatic heterocycles. The number of ketones is 1. The SMILES string of the molecule is O=C1CCCc2c1cnn2C1CCS(=O)(=O)C1. The Morgan fingerprint density at radius 1 is 1.35 bits per heavy atom. The Labute approximate surface area is 99.7 Å². The minimum Gasteiger partial charge on any atom is -0.294 e. The molecule has 1 aromatic heterocycles. The van der Waals surface area contributed by atoms with Crippen LogP contribution in [-0.2, 0) is 16.3 Å². The summed E-state index contributed by atoms with van der Waals surface area (Å²) in [6, 6.07) is -0.0744. The van der Waals surface area contributed by atoms with Crippen molar-refractivity contribution in [2.24, 2.45) is 0 Å². The summed E-state index contributed by atoms with van der Waals surface area (Å²) in [7, 11) is -2.91. The first-order valence-corrected chi connectivity index (χ1v) is 7.69. The molecule has 0 bridgehead atoms. The molecule has 1 unspecified atom stereocenters. The maximum atomic E-state index is 11.7. The summed E-state index contributed by atoms with van der Waals surface area (Å²) in [6.45, 7) is 0. The Morgan fingerprint density at radius 2 is 2.18 bits per heavy atom. The minimum atomic E-state index is -2.91. The fraction of sp³-hybridized carbons (Fsp3) is 0.636. The molecule has 0 N–H and O–H groups in total. The molecular weight excluding hydrogens is 240 g/mol. The van der Waals surface area contributed by atoms with E-state index in [0.717, 1.165) is 18.5 Å². The third-order valence-corrected chi connectivity index (χ3v) is 5.32. The van der Waals surface area contributed by atoms with E-state index in [2.05, 4.69) is 5.10 Å².